The van der Waals surface area contributed by atoms with Crippen LogP contribution in [0.1, 0.15) is 11.1 Å². The fourth-order valence-electron chi connectivity index (χ4n) is 2.00. The molecule has 2 rings (SSSR count). The third-order valence-electron chi connectivity index (χ3n) is 3.13. The fourth-order valence-corrected chi connectivity index (χ4v) is 3.80. The zero-order chi connectivity index (χ0) is 15.6. The molecule has 0 spiro atoms. The number of halogens is 1. The van der Waals surface area contributed by atoms with Gasteiger partial charge in [-0.25, -0.2) is 0 Å². The second-order valence-electron chi connectivity index (χ2n) is 4.47. The molecule has 5 nitrogen and oxygen atoms in total. The SMILES string of the molecule is Cc1c(CS(=O)c2c(N)cccc2Cl)cccc1[N+](=O)[O-]. The highest BCUT2D eigenvalue weighted by Crippen LogP contribution is 2.29. The Kier molecular flexibility index (Phi) is 4.59. The minimum atomic E-state index is -1.47. The van der Waals surface area contributed by atoms with Gasteiger partial charge >= 0.3 is 0 Å². The first-order valence-corrected chi connectivity index (χ1v) is 7.76. The van der Waals surface area contributed by atoms with Crippen LogP contribution in [0.2, 0.25) is 5.02 Å². The molecule has 0 aliphatic heterocycles. The highest BCUT2D eigenvalue weighted by Gasteiger charge is 2.18. The van der Waals surface area contributed by atoms with Gasteiger partial charge < -0.3 is 5.73 Å². The van der Waals surface area contributed by atoms with Crippen molar-refractivity contribution in [2.45, 2.75) is 17.6 Å². The average molecular weight is 325 g/mol. The van der Waals surface area contributed by atoms with E-state index in [0.717, 1.165) is 0 Å². The van der Waals surface area contributed by atoms with Crippen molar-refractivity contribution in [3.63, 3.8) is 0 Å². The zero-order valence-corrected chi connectivity index (χ0v) is 12.8. The minimum Gasteiger partial charge on any atom is -0.398 e. The summed E-state index contributed by atoms with van der Waals surface area (Å²) in [5, 5.41) is 11.3. The van der Waals surface area contributed by atoms with Crippen LogP contribution in [0.3, 0.4) is 0 Å². The highest BCUT2D eigenvalue weighted by molar-refractivity contribution is 7.84. The van der Waals surface area contributed by atoms with Crippen LogP contribution in [0.4, 0.5) is 11.4 Å². The van der Waals surface area contributed by atoms with Crippen LogP contribution in [0, 0.1) is 17.0 Å². The maximum atomic E-state index is 12.5. The number of nitrogens with zero attached hydrogens (tertiary/aromatic N) is 1. The molecule has 0 bridgehead atoms. The fraction of sp³-hybridized carbons (Fsp3) is 0.143. The molecule has 0 aromatic heterocycles. The van der Waals surface area contributed by atoms with E-state index in [1.165, 1.54) is 6.07 Å². The van der Waals surface area contributed by atoms with Crippen LogP contribution in [0.25, 0.3) is 0 Å². The Balaban J connectivity index is 2.37. The van der Waals surface area contributed by atoms with E-state index in [9.17, 15) is 14.3 Å². The standard InChI is InChI=1S/C14H13ClN2O3S/c1-9-10(4-2-7-13(9)17(18)19)8-21(20)14-11(15)5-3-6-12(14)16/h2-7H,8,16H2,1H3. The number of benzene rings is 2. The van der Waals surface area contributed by atoms with E-state index < -0.39 is 15.7 Å². The van der Waals surface area contributed by atoms with Crippen LogP contribution in [0.15, 0.2) is 41.3 Å². The molecule has 0 radical (unpaired) electrons. The van der Waals surface area contributed by atoms with E-state index in [1.807, 2.05) is 0 Å². The number of nitrogens with two attached hydrogens (primary N) is 1. The molecule has 2 N–H and O–H groups in total. The highest BCUT2D eigenvalue weighted by atomic mass is 35.5. The Morgan fingerprint density at radius 1 is 1.29 bits per heavy atom. The van der Waals surface area contributed by atoms with Crippen molar-refractivity contribution >= 4 is 33.8 Å². The van der Waals surface area contributed by atoms with Crippen LogP contribution in [0.5, 0.6) is 0 Å². The molecule has 7 heteroatoms. The Morgan fingerprint density at radius 3 is 2.57 bits per heavy atom. The van der Waals surface area contributed by atoms with Gasteiger partial charge in [0.1, 0.15) is 0 Å². The molecule has 0 saturated carbocycles. The van der Waals surface area contributed by atoms with Crippen molar-refractivity contribution in [1.82, 2.24) is 0 Å². The Labute approximate surface area is 129 Å². The van der Waals surface area contributed by atoms with E-state index in [-0.39, 0.29) is 11.4 Å². The molecule has 0 amide bonds. The molecular formula is C14H13ClN2O3S. The largest absolute Gasteiger partial charge is 0.398 e. The molecule has 21 heavy (non-hydrogen) atoms. The van der Waals surface area contributed by atoms with Gasteiger partial charge in [0.25, 0.3) is 5.69 Å². The summed E-state index contributed by atoms with van der Waals surface area (Å²) in [7, 11) is -1.47. The average Bonchev–Trinajstić information content (AvgIpc) is 2.40. The van der Waals surface area contributed by atoms with Gasteiger partial charge in [0.2, 0.25) is 0 Å². The summed E-state index contributed by atoms with van der Waals surface area (Å²) >= 11 is 6.03. The summed E-state index contributed by atoms with van der Waals surface area (Å²) in [5.41, 5.74) is 7.31. The number of nitrogen functional groups attached to an aromatic ring is 1. The Morgan fingerprint density at radius 2 is 1.95 bits per heavy atom. The van der Waals surface area contributed by atoms with Gasteiger partial charge in [0.15, 0.2) is 0 Å². The molecule has 2 aromatic carbocycles. The first-order chi connectivity index (χ1) is 9.91. The molecule has 1 atom stereocenters. The third-order valence-corrected chi connectivity index (χ3v) is 5.04. The molecule has 1 unspecified atom stereocenters. The third kappa shape index (κ3) is 3.22. The number of hydrogen-bond acceptors (Lipinski definition) is 4. The van der Waals surface area contributed by atoms with Gasteiger partial charge in [-0.05, 0) is 24.6 Å². The molecule has 0 saturated heterocycles. The monoisotopic (exact) mass is 324 g/mol. The lowest BCUT2D eigenvalue weighted by Gasteiger charge is -2.09. The maximum Gasteiger partial charge on any atom is 0.272 e. The maximum absolute atomic E-state index is 12.5. The van der Waals surface area contributed by atoms with Gasteiger partial charge in [0, 0.05) is 17.3 Å². The second kappa shape index (κ2) is 6.24. The van der Waals surface area contributed by atoms with Crippen molar-refractivity contribution in [3.05, 3.63) is 62.7 Å². The normalized spacial score (nSPS) is 12.1. The second-order valence-corrected chi connectivity index (χ2v) is 6.26. The van der Waals surface area contributed by atoms with Crippen molar-refractivity contribution < 1.29 is 9.13 Å². The molecule has 2 aromatic rings. The Hall–Kier alpha value is -1.92. The summed E-state index contributed by atoms with van der Waals surface area (Å²) in [6, 6.07) is 9.63. The minimum absolute atomic E-state index is 0.0108. The molecule has 0 heterocycles. The van der Waals surface area contributed by atoms with E-state index in [2.05, 4.69) is 0 Å². The first kappa shape index (κ1) is 15.5. The Bertz CT molecular complexity index is 714. The van der Waals surface area contributed by atoms with Gasteiger partial charge in [-0.1, -0.05) is 29.8 Å². The first-order valence-electron chi connectivity index (χ1n) is 6.07. The summed E-state index contributed by atoms with van der Waals surface area (Å²) in [6.45, 7) is 1.64. The van der Waals surface area contributed by atoms with Crippen molar-refractivity contribution in [3.8, 4) is 0 Å². The van der Waals surface area contributed by atoms with Crippen LogP contribution in [-0.2, 0) is 16.6 Å². The van der Waals surface area contributed by atoms with Crippen molar-refractivity contribution in [2.75, 3.05) is 5.73 Å². The lowest BCUT2D eigenvalue weighted by molar-refractivity contribution is -0.385. The lowest BCUT2D eigenvalue weighted by atomic mass is 10.1. The van der Waals surface area contributed by atoms with Gasteiger partial charge in [-0.2, -0.15) is 0 Å². The smallest absolute Gasteiger partial charge is 0.272 e. The van der Waals surface area contributed by atoms with E-state index in [4.69, 9.17) is 17.3 Å². The number of rotatable bonds is 4. The van der Waals surface area contributed by atoms with E-state index >= 15 is 0 Å². The summed E-state index contributed by atoms with van der Waals surface area (Å²) < 4.78 is 12.5. The topological polar surface area (TPSA) is 86.2 Å². The number of nitro benzene ring substituents is 1. The van der Waals surface area contributed by atoms with Crippen molar-refractivity contribution in [2.24, 2.45) is 0 Å². The summed E-state index contributed by atoms with van der Waals surface area (Å²) in [4.78, 5) is 10.8. The predicted molar refractivity (Wildman–Crippen MR) is 83.8 cm³/mol. The van der Waals surface area contributed by atoms with Gasteiger partial charge in [0.05, 0.1) is 31.4 Å². The van der Waals surface area contributed by atoms with Gasteiger partial charge in [-0.3, -0.25) is 14.3 Å². The van der Waals surface area contributed by atoms with E-state index in [0.29, 0.717) is 26.7 Å². The quantitative estimate of drug-likeness (QED) is 0.530. The summed E-state index contributed by atoms with van der Waals surface area (Å²) in [6.07, 6.45) is 0. The zero-order valence-electron chi connectivity index (χ0n) is 11.2. The van der Waals surface area contributed by atoms with Crippen molar-refractivity contribution in [1.29, 1.82) is 0 Å². The van der Waals surface area contributed by atoms with Gasteiger partial charge in [-0.15, -0.1) is 0 Å². The molecule has 0 aliphatic carbocycles. The molecule has 110 valence electrons. The summed E-state index contributed by atoms with van der Waals surface area (Å²) in [5.74, 6) is 0.126. The number of hydrogen-bond donors (Lipinski definition) is 1. The molecular weight excluding hydrogens is 312 g/mol. The lowest BCUT2D eigenvalue weighted by Crippen LogP contribution is -2.04. The van der Waals surface area contributed by atoms with Crippen LogP contribution < -0.4 is 5.73 Å². The molecule has 0 aliphatic rings. The van der Waals surface area contributed by atoms with Crippen LogP contribution in [-0.4, -0.2) is 9.13 Å². The van der Waals surface area contributed by atoms with E-state index in [1.54, 1.807) is 37.3 Å². The predicted octanol–water partition coefficient (Wildman–Crippen LogP) is 3.45. The van der Waals surface area contributed by atoms with Crippen LogP contribution >= 0.6 is 11.6 Å². The number of anilines is 1. The molecule has 0 fully saturated rings. The number of nitro groups is 1.